The van der Waals surface area contributed by atoms with E-state index in [0.29, 0.717) is 6.61 Å². The predicted molar refractivity (Wildman–Crippen MR) is 99.5 cm³/mol. The van der Waals surface area contributed by atoms with E-state index in [1.54, 1.807) is 7.11 Å². The smallest absolute Gasteiger partial charge is 0.253 e. The van der Waals surface area contributed by atoms with Crippen molar-refractivity contribution >= 4 is 5.91 Å². The first-order valence-corrected chi connectivity index (χ1v) is 8.81. The molecule has 1 amide bonds. The normalized spacial score (nSPS) is 15.4. The van der Waals surface area contributed by atoms with Gasteiger partial charge < -0.3 is 9.64 Å². The molecule has 1 fully saturated rings. The zero-order valence-electron chi connectivity index (χ0n) is 15.1. The van der Waals surface area contributed by atoms with Gasteiger partial charge in [-0.25, -0.2) is 0 Å². The van der Waals surface area contributed by atoms with Gasteiger partial charge in [-0.2, -0.15) is 0 Å². The molecule has 3 rings (SSSR count). The van der Waals surface area contributed by atoms with Crippen LogP contribution in [0.25, 0.3) is 0 Å². The average Bonchev–Trinajstić information content (AvgIpc) is 2.64. The molecule has 2 aromatic rings. The van der Waals surface area contributed by atoms with Crippen LogP contribution in [-0.2, 0) is 17.9 Å². The number of rotatable bonds is 5. The largest absolute Gasteiger partial charge is 0.380 e. The van der Waals surface area contributed by atoms with Gasteiger partial charge in [-0.05, 0) is 35.7 Å². The van der Waals surface area contributed by atoms with Crippen LogP contribution in [0, 0.1) is 6.92 Å². The minimum Gasteiger partial charge on any atom is -0.380 e. The molecule has 4 nitrogen and oxygen atoms in total. The number of hydrogen-bond donors (Lipinski definition) is 0. The van der Waals surface area contributed by atoms with Gasteiger partial charge in [0.1, 0.15) is 0 Å². The summed E-state index contributed by atoms with van der Waals surface area (Å²) in [5.74, 6) is 0.119. The second-order valence-electron chi connectivity index (χ2n) is 6.63. The number of aryl methyl sites for hydroxylation is 1. The lowest BCUT2D eigenvalue weighted by Gasteiger charge is -2.35. The lowest BCUT2D eigenvalue weighted by molar-refractivity contribution is 0.0628. The lowest BCUT2D eigenvalue weighted by atomic mass is 10.1. The number of piperazine rings is 1. The molecule has 0 spiro atoms. The predicted octanol–water partition coefficient (Wildman–Crippen LogP) is 3.10. The zero-order valence-corrected chi connectivity index (χ0v) is 15.1. The molecule has 4 heteroatoms. The SMILES string of the molecule is COCc1cccc(C(=O)N2CCN(Cc3ccccc3C)CC2)c1. The van der Waals surface area contributed by atoms with Crippen LogP contribution in [0.3, 0.4) is 0 Å². The van der Waals surface area contributed by atoms with Crippen molar-refractivity contribution in [3.63, 3.8) is 0 Å². The average molecular weight is 338 g/mol. The summed E-state index contributed by atoms with van der Waals surface area (Å²) in [7, 11) is 1.67. The van der Waals surface area contributed by atoms with Crippen LogP contribution < -0.4 is 0 Å². The lowest BCUT2D eigenvalue weighted by Crippen LogP contribution is -2.48. The molecular weight excluding hydrogens is 312 g/mol. The van der Waals surface area contributed by atoms with E-state index < -0.39 is 0 Å². The summed E-state index contributed by atoms with van der Waals surface area (Å²) in [5, 5.41) is 0. The Hall–Kier alpha value is -2.17. The number of hydrogen-bond acceptors (Lipinski definition) is 3. The summed E-state index contributed by atoms with van der Waals surface area (Å²) >= 11 is 0. The van der Waals surface area contributed by atoms with Crippen LogP contribution in [0.1, 0.15) is 27.0 Å². The molecular formula is C21H26N2O2. The number of benzene rings is 2. The van der Waals surface area contributed by atoms with Crippen molar-refractivity contribution in [3.05, 3.63) is 70.8 Å². The molecule has 1 aliphatic rings. The molecule has 2 aromatic carbocycles. The number of amides is 1. The van der Waals surface area contributed by atoms with E-state index >= 15 is 0 Å². The van der Waals surface area contributed by atoms with Gasteiger partial charge in [0.05, 0.1) is 6.61 Å². The van der Waals surface area contributed by atoms with Crippen molar-refractivity contribution in [3.8, 4) is 0 Å². The Morgan fingerprint density at radius 1 is 1.04 bits per heavy atom. The van der Waals surface area contributed by atoms with Crippen molar-refractivity contribution in [2.45, 2.75) is 20.1 Å². The second-order valence-corrected chi connectivity index (χ2v) is 6.63. The molecule has 0 radical (unpaired) electrons. The summed E-state index contributed by atoms with van der Waals surface area (Å²) in [6.45, 7) is 7.03. The number of carbonyl (C=O) groups excluding carboxylic acids is 1. The van der Waals surface area contributed by atoms with E-state index in [9.17, 15) is 4.79 Å². The van der Waals surface area contributed by atoms with Gasteiger partial charge in [-0.3, -0.25) is 9.69 Å². The maximum Gasteiger partial charge on any atom is 0.253 e. The second kappa shape index (κ2) is 8.28. The highest BCUT2D eigenvalue weighted by atomic mass is 16.5. The van der Waals surface area contributed by atoms with Crippen LogP contribution in [0.4, 0.5) is 0 Å². The topological polar surface area (TPSA) is 32.8 Å². The fourth-order valence-corrected chi connectivity index (χ4v) is 3.28. The van der Waals surface area contributed by atoms with E-state index in [1.165, 1.54) is 11.1 Å². The maximum atomic E-state index is 12.7. The first-order valence-electron chi connectivity index (χ1n) is 8.81. The molecule has 25 heavy (non-hydrogen) atoms. The maximum absolute atomic E-state index is 12.7. The molecule has 1 saturated heterocycles. The fourth-order valence-electron chi connectivity index (χ4n) is 3.28. The summed E-state index contributed by atoms with van der Waals surface area (Å²) in [6, 6.07) is 16.3. The molecule has 0 saturated carbocycles. The van der Waals surface area contributed by atoms with E-state index in [-0.39, 0.29) is 5.91 Å². The Kier molecular flexibility index (Phi) is 5.84. The Balaban J connectivity index is 1.57. The van der Waals surface area contributed by atoms with Crippen molar-refractivity contribution < 1.29 is 9.53 Å². The number of nitrogens with zero attached hydrogens (tertiary/aromatic N) is 2. The summed E-state index contributed by atoms with van der Waals surface area (Å²) in [6.07, 6.45) is 0. The van der Waals surface area contributed by atoms with Gasteiger partial charge in [0, 0.05) is 45.4 Å². The first-order chi connectivity index (χ1) is 12.2. The van der Waals surface area contributed by atoms with Gasteiger partial charge in [0.15, 0.2) is 0 Å². The zero-order chi connectivity index (χ0) is 17.6. The quantitative estimate of drug-likeness (QED) is 0.840. The molecule has 0 aromatic heterocycles. The number of methoxy groups -OCH3 is 1. The minimum absolute atomic E-state index is 0.119. The Morgan fingerprint density at radius 2 is 1.80 bits per heavy atom. The van der Waals surface area contributed by atoms with Gasteiger partial charge in [0.25, 0.3) is 5.91 Å². The highest BCUT2D eigenvalue weighted by Gasteiger charge is 2.22. The van der Waals surface area contributed by atoms with Gasteiger partial charge >= 0.3 is 0 Å². The minimum atomic E-state index is 0.119. The Morgan fingerprint density at radius 3 is 2.52 bits per heavy atom. The Labute approximate surface area is 150 Å². The molecule has 132 valence electrons. The molecule has 0 unspecified atom stereocenters. The van der Waals surface area contributed by atoms with Crippen LogP contribution in [0.5, 0.6) is 0 Å². The standard InChI is InChI=1S/C21H26N2O2/c1-17-6-3-4-8-20(17)15-22-10-12-23(13-11-22)21(24)19-9-5-7-18(14-19)16-25-2/h3-9,14H,10-13,15-16H2,1-2H3. The molecule has 0 atom stereocenters. The summed E-state index contributed by atoms with van der Waals surface area (Å²) in [5.41, 5.74) is 4.49. The molecule has 0 aliphatic carbocycles. The van der Waals surface area contributed by atoms with Crippen LogP contribution >= 0.6 is 0 Å². The highest BCUT2D eigenvalue weighted by molar-refractivity contribution is 5.94. The van der Waals surface area contributed by atoms with E-state index in [2.05, 4.69) is 36.1 Å². The Bertz CT molecular complexity index is 721. The third-order valence-corrected chi connectivity index (χ3v) is 4.80. The van der Waals surface area contributed by atoms with Crippen molar-refractivity contribution in [1.82, 2.24) is 9.80 Å². The third-order valence-electron chi connectivity index (χ3n) is 4.80. The van der Waals surface area contributed by atoms with Crippen LogP contribution in [0.2, 0.25) is 0 Å². The van der Waals surface area contributed by atoms with Gasteiger partial charge in [0.2, 0.25) is 0 Å². The first kappa shape index (κ1) is 17.6. The van der Waals surface area contributed by atoms with E-state index in [4.69, 9.17) is 4.74 Å². The molecule has 0 bridgehead atoms. The van der Waals surface area contributed by atoms with E-state index in [0.717, 1.165) is 43.9 Å². The third kappa shape index (κ3) is 4.47. The van der Waals surface area contributed by atoms with Crippen molar-refractivity contribution in [2.24, 2.45) is 0 Å². The van der Waals surface area contributed by atoms with Gasteiger partial charge in [-0.15, -0.1) is 0 Å². The fraction of sp³-hybridized carbons (Fsp3) is 0.381. The molecule has 1 aliphatic heterocycles. The molecule has 1 heterocycles. The highest BCUT2D eigenvalue weighted by Crippen LogP contribution is 2.15. The van der Waals surface area contributed by atoms with Crippen molar-refractivity contribution in [1.29, 1.82) is 0 Å². The summed E-state index contributed by atoms with van der Waals surface area (Å²) in [4.78, 5) is 17.1. The van der Waals surface area contributed by atoms with Crippen LogP contribution in [-0.4, -0.2) is 49.0 Å². The van der Waals surface area contributed by atoms with Crippen molar-refractivity contribution in [2.75, 3.05) is 33.3 Å². The van der Waals surface area contributed by atoms with Crippen LogP contribution in [0.15, 0.2) is 48.5 Å². The number of ether oxygens (including phenoxy) is 1. The summed E-state index contributed by atoms with van der Waals surface area (Å²) < 4.78 is 5.16. The molecule has 0 N–H and O–H groups in total. The monoisotopic (exact) mass is 338 g/mol. The number of carbonyl (C=O) groups is 1. The van der Waals surface area contributed by atoms with Gasteiger partial charge in [-0.1, -0.05) is 36.4 Å². The van der Waals surface area contributed by atoms with E-state index in [1.807, 2.05) is 29.2 Å².